The van der Waals surface area contributed by atoms with E-state index in [2.05, 4.69) is 10.3 Å². The summed E-state index contributed by atoms with van der Waals surface area (Å²) in [5.41, 5.74) is 1.98. The van der Waals surface area contributed by atoms with Crippen LogP contribution in [0.1, 0.15) is 39.9 Å². The molecule has 1 amide bonds. The molecule has 196 valence electrons. The van der Waals surface area contributed by atoms with Gasteiger partial charge in [-0.3, -0.25) is 9.78 Å². The number of aryl methyl sites for hydroxylation is 1. The van der Waals surface area contributed by atoms with Gasteiger partial charge in [0, 0.05) is 46.6 Å². The number of hydrogen-bond acceptors (Lipinski definition) is 4. The van der Waals surface area contributed by atoms with Gasteiger partial charge >= 0.3 is 6.18 Å². The lowest BCUT2D eigenvalue weighted by Crippen LogP contribution is -2.45. The normalized spacial score (nSPS) is 15.5. The number of aliphatic hydroxyl groups is 1. The van der Waals surface area contributed by atoms with Crippen LogP contribution in [0.15, 0.2) is 72.9 Å². The zero-order valence-corrected chi connectivity index (χ0v) is 21.3. The Morgan fingerprint density at radius 2 is 1.74 bits per heavy atom. The minimum atomic E-state index is -4.44. The lowest BCUT2D eigenvalue weighted by atomic mass is 9.83. The number of halogens is 4. The van der Waals surface area contributed by atoms with Gasteiger partial charge in [0.25, 0.3) is 5.91 Å². The topological polar surface area (TPSA) is 65.5 Å². The molecule has 5 rings (SSSR count). The first-order valence-corrected chi connectivity index (χ1v) is 12.5. The highest BCUT2D eigenvalue weighted by molar-refractivity contribution is 6.31. The number of alkyl halides is 3. The molecule has 0 aliphatic carbocycles. The number of nitrogens with one attached hydrogen (secondary N) is 1. The Labute approximate surface area is 222 Å². The number of anilines is 2. The van der Waals surface area contributed by atoms with Gasteiger partial charge in [-0.25, -0.2) is 0 Å². The summed E-state index contributed by atoms with van der Waals surface area (Å²) in [5, 5.41) is 15.6. The van der Waals surface area contributed by atoms with Crippen molar-refractivity contribution in [2.45, 2.75) is 31.5 Å². The second kappa shape index (κ2) is 9.93. The van der Waals surface area contributed by atoms with Gasteiger partial charge in [0.1, 0.15) is 0 Å². The molecule has 0 spiro atoms. The molecule has 0 saturated carbocycles. The number of hydrogen-bond donors (Lipinski definition) is 2. The van der Waals surface area contributed by atoms with Crippen molar-refractivity contribution in [2.24, 2.45) is 0 Å². The third kappa shape index (κ3) is 5.19. The minimum absolute atomic E-state index is 0.125. The highest BCUT2D eigenvalue weighted by Crippen LogP contribution is 2.36. The molecule has 1 aliphatic rings. The molecule has 5 nitrogen and oxygen atoms in total. The Morgan fingerprint density at radius 1 is 1.03 bits per heavy atom. The quantitative estimate of drug-likeness (QED) is 0.291. The molecule has 4 aromatic rings. The molecule has 1 saturated heterocycles. The molecule has 0 radical (unpaired) electrons. The van der Waals surface area contributed by atoms with Gasteiger partial charge in [-0.15, -0.1) is 0 Å². The van der Waals surface area contributed by atoms with Crippen LogP contribution in [-0.2, 0) is 11.8 Å². The van der Waals surface area contributed by atoms with Crippen molar-refractivity contribution in [1.82, 2.24) is 9.88 Å². The van der Waals surface area contributed by atoms with E-state index in [1.807, 2.05) is 19.1 Å². The van der Waals surface area contributed by atoms with E-state index in [9.17, 15) is 23.1 Å². The molecule has 0 bridgehead atoms. The van der Waals surface area contributed by atoms with Crippen molar-refractivity contribution >= 4 is 39.8 Å². The van der Waals surface area contributed by atoms with E-state index in [0.29, 0.717) is 53.3 Å². The summed E-state index contributed by atoms with van der Waals surface area (Å²) in [6.45, 7) is 2.73. The number of pyridine rings is 1. The van der Waals surface area contributed by atoms with Gasteiger partial charge in [0.05, 0.1) is 16.7 Å². The number of benzene rings is 3. The Balaban J connectivity index is 1.26. The summed E-state index contributed by atoms with van der Waals surface area (Å²) in [6, 6.07) is 17.6. The fourth-order valence-corrected chi connectivity index (χ4v) is 4.89. The van der Waals surface area contributed by atoms with Crippen molar-refractivity contribution < 1.29 is 23.1 Å². The zero-order chi connectivity index (χ0) is 27.1. The molecule has 1 aromatic heterocycles. The third-order valence-electron chi connectivity index (χ3n) is 7.05. The maximum absolute atomic E-state index is 13.1. The molecule has 38 heavy (non-hydrogen) atoms. The average Bonchev–Trinajstić information content (AvgIpc) is 2.90. The Morgan fingerprint density at radius 3 is 2.39 bits per heavy atom. The smallest absolute Gasteiger partial charge is 0.385 e. The van der Waals surface area contributed by atoms with Crippen molar-refractivity contribution in [2.75, 3.05) is 18.4 Å². The van der Waals surface area contributed by atoms with E-state index in [-0.39, 0.29) is 11.4 Å². The van der Waals surface area contributed by atoms with Crippen LogP contribution in [0.5, 0.6) is 0 Å². The fourth-order valence-electron chi connectivity index (χ4n) is 4.77. The SMILES string of the molecule is Cc1cc(C2(O)CCN(C(=O)c3ccc(Nc4ccnc5cc(C(F)(F)F)ccc45)cc3)CC2)ccc1Cl. The first-order valence-electron chi connectivity index (χ1n) is 12.1. The van der Waals surface area contributed by atoms with Crippen LogP contribution in [0.2, 0.25) is 5.02 Å². The Kier molecular flexibility index (Phi) is 6.79. The van der Waals surface area contributed by atoms with E-state index < -0.39 is 17.3 Å². The van der Waals surface area contributed by atoms with E-state index in [1.54, 1.807) is 41.3 Å². The fraction of sp³-hybridized carbons (Fsp3) is 0.241. The molecular formula is C29H25ClF3N3O2. The second-order valence-electron chi connectivity index (χ2n) is 9.58. The number of amides is 1. The number of aromatic nitrogens is 1. The predicted octanol–water partition coefficient (Wildman–Crippen LogP) is 7.08. The van der Waals surface area contributed by atoms with Crippen molar-refractivity contribution in [3.8, 4) is 0 Å². The summed E-state index contributed by atoms with van der Waals surface area (Å²) in [7, 11) is 0. The van der Waals surface area contributed by atoms with Crippen molar-refractivity contribution in [1.29, 1.82) is 0 Å². The van der Waals surface area contributed by atoms with Gasteiger partial charge in [0.15, 0.2) is 0 Å². The molecule has 9 heteroatoms. The molecule has 2 N–H and O–H groups in total. The monoisotopic (exact) mass is 539 g/mol. The first kappa shape index (κ1) is 26.0. The van der Waals surface area contributed by atoms with Crippen LogP contribution >= 0.6 is 11.6 Å². The lowest BCUT2D eigenvalue weighted by molar-refractivity contribution is -0.137. The van der Waals surface area contributed by atoms with Crippen LogP contribution in [0.25, 0.3) is 10.9 Å². The third-order valence-corrected chi connectivity index (χ3v) is 7.48. The van der Waals surface area contributed by atoms with Crippen molar-refractivity contribution in [3.05, 3.63) is 100 Å². The van der Waals surface area contributed by atoms with E-state index in [1.165, 1.54) is 12.3 Å². The van der Waals surface area contributed by atoms with Crippen LogP contribution in [0.4, 0.5) is 24.5 Å². The number of carbonyl (C=O) groups excluding carboxylic acids is 1. The van der Waals surface area contributed by atoms with Crippen LogP contribution in [0.3, 0.4) is 0 Å². The predicted molar refractivity (Wildman–Crippen MR) is 142 cm³/mol. The van der Waals surface area contributed by atoms with Gasteiger partial charge in [0.2, 0.25) is 0 Å². The second-order valence-corrected chi connectivity index (χ2v) is 9.99. The molecule has 2 heterocycles. The molecule has 1 aliphatic heterocycles. The Bertz CT molecular complexity index is 1500. The van der Waals surface area contributed by atoms with Crippen LogP contribution in [-0.4, -0.2) is 34.0 Å². The van der Waals surface area contributed by atoms with E-state index >= 15 is 0 Å². The van der Waals surface area contributed by atoms with Gasteiger partial charge in [-0.1, -0.05) is 29.8 Å². The maximum Gasteiger partial charge on any atom is 0.416 e. The summed E-state index contributed by atoms with van der Waals surface area (Å²) < 4.78 is 39.2. The number of nitrogens with zero attached hydrogens (tertiary/aromatic N) is 2. The molecule has 3 aromatic carbocycles. The number of carbonyl (C=O) groups is 1. The summed E-state index contributed by atoms with van der Waals surface area (Å²) in [5.74, 6) is -0.125. The van der Waals surface area contributed by atoms with E-state index in [0.717, 1.165) is 23.3 Å². The summed E-state index contributed by atoms with van der Waals surface area (Å²) in [4.78, 5) is 18.9. The summed E-state index contributed by atoms with van der Waals surface area (Å²) >= 11 is 6.12. The minimum Gasteiger partial charge on any atom is -0.385 e. The number of likely N-dealkylation sites (tertiary alicyclic amines) is 1. The number of rotatable bonds is 4. The van der Waals surface area contributed by atoms with Gasteiger partial charge in [-0.05, 0) is 79.4 Å². The number of fused-ring (bicyclic) bond motifs is 1. The zero-order valence-electron chi connectivity index (χ0n) is 20.5. The lowest BCUT2D eigenvalue weighted by Gasteiger charge is -2.38. The number of piperidine rings is 1. The highest BCUT2D eigenvalue weighted by atomic mass is 35.5. The first-order chi connectivity index (χ1) is 18.0. The molecule has 0 unspecified atom stereocenters. The highest BCUT2D eigenvalue weighted by Gasteiger charge is 2.36. The largest absolute Gasteiger partial charge is 0.416 e. The van der Waals surface area contributed by atoms with Crippen LogP contribution < -0.4 is 5.32 Å². The standard InChI is InChI=1S/C29H25ClF3N3O2/c1-18-16-20(5-9-24(18)30)28(38)11-14-36(15-12-28)27(37)19-2-6-22(7-3-19)35-25-10-13-34-26-17-21(29(31,32)33)4-8-23(25)26/h2-10,13,16-17,38H,11-12,14-15H2,1H3,(H,34,35). The molecular weight excluding hydrogens is 515 g/mol. The van der Waals surface area contributed by atoms with Gasteiger partial charge in [-0.2, -0.15) is 13.2 Å². The van der Waals surface area contributed by atoms with E-state index in [4.69, 9.17) is 11.6 Å². The van der Waals surface area contributed by atoms with Crippen LogP contribution in [0, 0.1) is 6.92 Å². The Hall–Kier alpha value is -3.62. The van der Waals surface area contributed by atoms with Gasteiger partial charge < -0.3 is 15.3 Å². The summed E-state index contributed by atoms with van der Waals surface area (Å²) in [6.07, 6.45) is -2.15. The average molecular weight is 540 g/mol. The van der Waals surface area contributed by atoms with Crippen molar-refractivity contribution in [3.63, 3.8) is 0 Å². The molecule has 1 fully saturated rings. The maximum atomic E-state index is 13.1. The molecule has 0 atom stereocenters.